The zero-order valence-electron chi connectivity index (χ0n) is 6.38. The van der Waals surface area contributed by atoms with Crippen LogP contribution in [-0.2, 0) is 9.59 Å². The average Bonchev–Trinajstić information content (AvgIpc) is 2.15. The Hall–Kier alpha value is -1.78. The van der Waals surface area contributed by atoms with Crippen molar-refractivity contribution in [1.29, 1.82) is 0 Å². The van der Waals surface area contributed by atoms with Gasteiger partial charge in [-0.25, -0.2) is 5.43 Å². The van der Waals surface area contributed by atoms with Crippen LogP contribution < -0.4 is 5.43 Å². The van der Waals surface area contributed by atoms with Crippen LogP contribution >= 0.6 is 0 Å². The van der Waals surface area contributed by atoms with Gasteiger partial charge in [0.1, 0.15) is 0 Å². The molecule has 0 spiro atoms. The van der Waals surface area contributed by atoms with E-state index in [0.717, 1.165) is 5.12 Å². The number of carbonyl (C=O) groups excluding carboxylic acids is 2. The van der Waals surface area contributed by atoms with E-state index in [9.17, 15) is 9.59 Å². The van der Waals surface area contributed by atoms with Gasteiger partial charge < -0.3 is 0 Å². The summed E-state index contributed by atoms with van der Waals surface area (Å²) in [4.78, 5) is 20.4. The first-order valence-electron chi connectivity index (χ1n) is 3.42. The predicted molar refractivity (Wildman–Crippen MR) is 42.1 cm³/mol. The van der Waals surface area contributed by atoms with E-state index >= 15 is 0 Å². The molecule has 5 heteroatoms. The number of nitrogens with one attached hydrogen (secondary N) is 1. The Bertz CT molecular complexity index is 223. The van der Waals surface area contributed by atoms with Crippen LogP contribution in [0.3, 0.4) is 0 Å². The molecule has 0 aromatic heterocycles. The van der Waals surface area contributed by atoms with Gasteiger partial charge in [0.15, 0.2) is 0 Å². The van der Waals surface area contributed by atoms with Crippen molar-refractivity contribution in [3.63, 3.8) is 0 Å². The minimum absolute atomic E-state index is 0.445. The van der Waals surface area contributed by atoms with Crippen molar-refractivity contribution < 1.29 is 9.59 Å². The van der Waals surface area contributed by atoms with Crippen molar-refractivity contribution >= 4 is 12.8 Å². The third kappa shape index (κ3) is 1.85. The van der Waals surface area contributed by atoms with Gasteiger partial charge >= 0.3 is 0 Å². The number of allylic oxidation sites excluding steroid dienone is 2. The highest BCUT2D eigenvalue weighted by Gasteiger charge is 2.07. The molecule has 5 nitrogen and oxygen atoms in total. The van der Waals surface area contributed by atoms with E-state index in [0.29, 0.717) is 19.4 Å². The van der Waals surface area contributed by atoms with Crippen LogP contribution in [0.5, 0.6) is 0 Å². The molecule has 0 aromatic rings. The van der Waals surface area contributed by atoms with Crippen molar-refractivity contribution in [1.82, 2.24) is 15.6 Å². The molecule has 1 rings (SSSR count). The number of hydrogen-bond acceptors (Lipinski definition) is 3. The lowest BCUT2D eigenvalue weighted by atomic mass is 10.4. The second-order valence-corrected chi connectivity index (χ2v) is 2.09. The van der Waals surface area contributed by atoms with Gasteiger partial charge in [-0.05, 0) is 6.08 Å². The van der Waals surface area contributed by atoms with E-state index in [4.69, 9.17) is 0 Å². The zero-order valence-corrected chi connectivity index (χ0v) is 6.38. The van der Waals surface area contributed by atoms with E-state index in [-0.39, 0.29) is 0 Å². The third-order valence-corrected chi connectivity index (χ3v) is 1.36. The summed E-state index contributed by atoms with van der Waals surface area (Å²) in [7, 11) is 0. The third-order valence-electron chi connectivity index (χ3n) is 1.36. The van der Waals surface area contributed by atoms with Gasteiger partial charge in [-0.15, -0.1) is 0 Å². The SMILES string of the molecule is O=CNN(C=O)N1C=CC=CC1. The molecule has 1 aliphatic heterocycles. The molecule has 0 unspecified atom stereocenters. The molecule has 0 radical (unpaired) electrons. The lowest BCUT2D eigenvalue weighted by Gasteiger charge is -2.28. The fourth-order valence-electron chi connectivity index (χ4n) is 0.836. The largest absolute Gasteiger partial charge is 0.277 e. The quantitative estimate of drug-likeness (QED) is 0.449. The highest BCUT2D eigenvalue weighted by atomic mass is 16.2. The van der Waals surface area contributed by atoms with Crippen molar-refractivity contribution in [3.05, 3.63) is 24.4 Å². The Morgan fingerprint density at radius 3 is 2.75 bits per heavy atom. The number of hydrogen-bond donors (Lipinski definition) is 1. The first-order valence-corrected chi connectivity index (χ1v) is 3.42. The molecule has 0 aliphatic carbocycles. The monoisotopic (exact) mass is 167 g/mol. The van der Waals surface area contributed by atoms with Crippen LogP contribution in [0, 0.1) is 0 Å². The van der Waals surface area contributed by atoms with Gasteiger partial charge in [-0.2, -0.15) is 5.12 Å². The molecule has 1 aliphatic rings. The smallest absolute Gasteiger partial charge is 0.248 e. The van der Waals surface area contributed by atoms with Gasteiger partial charge in [0, 0.05) is 6.20 Å². The molecule has 0 saturated carbocycles. The first-order chi connectivity index (χ1) is 5.88. The van der Waals surface area contributed by atoms with Crippen molar-refractivity contribution in [2.24, 2.45) is 0 Å². The molecule has 2 amide bonds. The fraction of sp³-hybridized carbons (Fsp3) is 0.143. The second-order valence-electron chi connectivity index (χ2n) is 2.09. The topological polar surface area (TPSA) is 52.7 Å². The summed E-state index contributed by atoms with van der Waals surface area (Å²) >= 11 is 0. The van der Waals surface area contributed by atoms with Crippen molar-refractivity contribution in [2.75, 3.05) is 6.54 Å². The normalized spacial score (nSPS) is 14.2. The van der Waals surface area contributed by atoms with Gasteiger partial charge in [-0.1, -0.05) is 12.2 Å². The number of amides is 2. The molecule has 0 atom stereocenters. The van der Waals surface area contributed by atoms with Crippen LogP contribution in [0.25, 0.3) is 0 Å². The predicted octanol–water partition coefficient (Wildman–Crippen LogP) is -0.594. The number of carbonyl (C=O) groups is 2. The Morgan fingerprint density at radius 1 is 1.42 bits per heavy atom. The Morgan fingerprint density at radius 2 is 2.25 bits per heavy atom. The Labute approximate surface area is 69.9 Å². The van der Waals surface area contributed by atoms with E-state index in [1.54, 1.807) is 17.3 Å². The molecule has 0 saturated heterocycles. The summed E-state index contributed by atoms with van der Waals surface area (Å²) in [5.41, 5.74) is 2.23. The summed E-state index contributed by atoms with van der Waals surface area (Å²) < 4.78 is 0. The molecule has 1 N–H and O–H groups in total. The van der Waals surface area contributed by atoms with E-state index in [2.05, 4.69) is 5.43 Å². The number of nitrogens with zero attached hydrogens (tertiary/aromatic N) is 2. The van der Waals surface area contributed by atoms with Gasteiger partial charge in [-0.3, -0.25) is 14.6 Å². The molecule has 1 heterocycles. The molecule has 12 heavy (non-hydrogen) atoms. The highest BCUT2D eigenvalue weighted by Crippen LogP contribution is 1.98. The van der Waals surface area contributed by atoms with Gasteiger partial charge in [0.25, 0.3) is 0 Å². The fourth-order valence-corrected chi connectivity index (χ4v) is 0.836. The summed E-state index contributed by atoms with van der Waals surface area (Å²) in [5.74, 6) is 0. The van der Waals surface area contributed by atoms with Crippen molar-refractivity contribution in [3.8, 4) is 0 Å². The minimum atomic E-state index is 0.445. The highest BCUT2D eigenvalue weighted by molar-refractivity contribution is 5.53. The van der Waals surface area contributed by atoms with Crippen molar-refractivity contribution in [2.45, 2.75) is 0 Å². The second kappa shape index (κ2) is 4.17. The van der Waals surface area contributed by atoms with Crippen LogP contribution in [0.15, 0.2) is 24.4 Å². The summed E-state index contributed by atoms with van der Waals surface area (Å²) in [5, 5.41) is 2.62. The minimum Gasteiger partial charge on any atom is -0.277 e. The molecule has 0 bridgehead atoms. The number of hydrazine groups is 2. The zero-order chi connectivity index (χ0) is 8.81. The number of rotatable bonds is 4. The maximum atomic E-state index is 10.4. The van der Waals surface area contributed by atoms with Crippen LogP contribution in [0.4, 0.5) is 0 Å². The average molecular weight is 167 g/mol. The Kier molecular flexibility index (Phi) is 2.89. The standard InChI is InChI=1S/C7H9N3O2/c11-6-8-10(7-12)9-4-2-1-3-5-9/h1-4,6-7H,5H2,(H,8,11). The van der Waals surface area contributed by atoms with Gasteiger partial charge in [0.05, 0.1) is 6.54 Å². The van der Waals surface area contributed by atoms with Crippen LogP contribution in [0.2, 0.25) is 0 Å². The lowest BCUT2D eigenvalue weighted by molar-refractivity contribution is -0.141. The van der Waals surface area contributed by atoms with E-state index < -0.39 is 0 Å². The first kappa shape index (κ1) is 8.32. The van der Waals surface area contributed by atoms with Crippen LogP contribution in [-0.4, -0.2) is 29.5 Å². The van der Waals surface area contributed by atoms with Crippen LogP contribution in [0.1, 0.15) is 0 Å². The van der Waals surface area contributed by atoms with E-state index in [1.165, 1.54) is 0 Å². The van der Waals surface area contributed by atoms with Gasteiger partial charge in [0.2, 0.25) is 12.8 Å². The molecular formula is C7H9N3O2. The maximum Gasteiger partial charge on any atom is 0.248 e. The molecular weight excluding hydrogens is 158 g/mol. The molecule has 64 valence electrons. The summed E-state index contributed by atoms with van der Waals surface area (Å²) in [6.07, 6.45) is 8.15. The maximum absolute atomic E-state index is 10.4. The summed E-state index contributed by atoms with van der Waals surface area (Å²) in [6, 6.07) is 0. The van der Waals surface area contributed by atoms with E-state index in [1.807, 2.05) is 12.2 Å². The molecule has 0 fully saturated rings. The molecule has 0 aromatic carbocycles. The lowest BCUT2D eigenvalue weighted by Crippen LogP contribution is -2.47. The Balaban J connectivity index is 2.53. The summed E-state index contributed by atoms with van der Waals surface area (Å²) in [6.45, 7) is 0.566.